The van der Waals surface area contributed by atoms with Gasteiger partial charge in [0, 0.05) is 17.2 Å². The Morgan fingerprint density at radius 2 is 1.08 bits per heavy atom. The highest BCUT2D eigenvalue weighted by atomic mass is 15.1. The number of aryl methyl sites for hydroxylation is 1. The van der Waals surface area contributed by atoms with Crippen LogP contribution < -0.4 is 0 Å². The lowest BCUT2D eigenvalue weighted by atomic mass is 9.89. The molecule has 2 heteroatoms. The molecule has 0 spiro atoms. The normalized spacial score (nSPS) is 12.0. The van der Waals surface area contributed by atoms with Crippen molar-refractivity contribution in [2.45, 2.75) is 13.3 Å². The van der Waals surface area contributed by atoms with Gasteiger partial charge in [0.25, 0.3) is 0 Å². The standard InChI is InChI=1S/C35H24N2/c1-2-33-36-30-19-7-8-20-31(30)37(33)32-21-22-11-9-16-27-25-14-5-3-12-23(25)24-13-4-6-15-26(24)28-17-10-18-29(32)35(28)34(22)27/h3-21H,2H2,1H3. The molecule has 0 radical (unpaired) electrons. The summed E-state index contributed by atoms with van der Waals surface area (Å²) in [6.45, 7) is 2.19. The van der Waals surface area contributed by atoms with Crippen molar-refractivity contribution in [2.24, 2.45) is 0 Å². The van der Waals surface area contributed by atoms with Gasteiger partial charge in [-0.1, -0.05) is 104 Å². The summed E-state index contributed by atoms with van der Waals surface area (Å²) in [5.41, 5.74) is 3.38. The van der Waals surface area contributed by atoms with Crippen LogP contribution in [0, 0.1) is 0 Å². The Kier molecular flexibility index (Phi) is 4.24. The number of para-hydroxylation sites is 2. The van der Waals surface area contributed by atoms with Gasteiger partial charge in [-0.15, -0.1) is 0 Å². The summed E-state index contributed by atoms with van der Waals surface area (Å²) in [4.78, 5) is 5.01. The first kappa shape index (κ1) is 20.5. The van der Waals surface area contributed by atoms with Crippen molar-refractivity contribution in [3.63, 3.8) is 0 Å². The van der Waals surface area contributed by atoms with Crippen molar-refractivity contribution in [1.82, 2.24) is 9.55 Å². The Balaban J connectivity index is 1.71. The molecule has 1 aromatic heterocycles. The zero-order chi connectivity index (χ0) is 24.5. The highest BCUT2D eigenvalue weighted by Gasteiger charge is 2.18. The number of hydrogen-bond donors (Lipinski definition) is 0. The monoisotopic (exact) mass is 472 g/mol. The maximum atomic E-state index is 5.01. The SMILES string of the molecule is CCc1nc2ccccc2n1-c1cc2cccc3c4ccccc4c4ccccc4c4cccc1c4c23. The second-order valence-electron chi connectivity index (χ2n) is 9.82. The predicted molar refractivity (Wildman–Crippen MR) is 158 cm³/mol. The highest BCUT2D eigenvalue weighted by Crippen LogP contribution is 2.42. The van der Waals surface area contributed by atoms with Crippen LogP contribution in [0.15, 0.2) is 115 Å². The molecule has 8 rings (SSSR count). The van der Waals surface area contributed by atoms with Crippen molar-refractivity contribution in [3.8, 4) is 5.69 Å². The largest absolute Gasteiger partial charge is 0.296 e. The zero-order valence-electron chi connectivity index (χ0n) is 20.6. The third-order valence-corrected chi connectivity index (χ3v) is 7.89. The van der Waals surface area contributed by atoms with Crippen molar-refractivity contribution in [2.75, 3.05) is 0 Å². The molecule has 37 heavy (non-hydrogen) atoms. The van der Waals surface area contributed by atoms with Crippen LogP contribution in [0.4, 0.5) is 0 Å². The molecule has 0 aliphatic heterocycles. The third-order valence-electron chi connectivity index (χ3n) is 7.89. The van der Waals surface area contributed by atoms with E-state index in [1.54, 1.807) is 0 Å². The Bertz CT molecular complexity index is 2180. The average molecular weight is 473 g/mol. The minimum Gasteiger partial charge on any atom is -0.296 e. The van der Waals surface area contributed by atoms with Crippen molar-refractivity contribution < 1.29 is 0 Å². The number of benzene rings is 6. The van der Waals surface area contributed by atoms with E-state index in [1.807, 2.05) is 0 Å². The van der Waals surface area contributed by atoms with Crippen LogP contribution in [0.1, 0.15) is 12.7 Å². The van der Waals surface area contributed by atoms with E-state index in [4.69, 9.17) is 4.98 Å². The maximum absolute atomic E-state index is 5.01. The van der Waals surface area contributed by atoms with Gasteiger partial charge in [-0.05, 0) is 61.3 Å². The van der Waals surface area contributed by atoms with Gasteiger partial charge in [0.2, 0.25) is 0 Å². The van der Waals surface area contributed by atoms with E-state index >= 15 is 0 Å². The smallest absolute Gasteiger partial charge is 0.114 e. The zero-order valence-corrected chi connectivity index (χ0v) is 20.6. The number of aromatic nitrogens is 2. The minimum atomic E-state index is 0.865. The van der Waals surface area contributed by atoms with Gasteiger partial charge in [0.1, 0.15) is 5.82 Å². The van der Waals surface area contributed by atoms with Crippen LogP contribution in [0.5, 0.6) is 0 Å². The fourth-order valence-corrected chi connectivity index (χ4v) is 6.35. The lowest BCUT2D eigenvalue weighted by Crippen LogP contribution is -2.01. The molecule has 174 valence electrons. The second-order valence-corrected chi connectivity index (χ2v) is 9.82. The molecule has 0 amide bonds. The van der Waals surface area contributed by atoms with Crippen molar-refractivity contribution >= 4 is 64.9 Å². The summed E-state index contributed by atoms with van der Waals surface area (Å²) < 4.78 is 2.37. The molecular weight excluding hydrogens is 448 g/mol. The molecule has 0 bridgehead atoms. The summed E-state index contributed by atoms with van der Waals surface area (Å²) >= 11 is 0. The summed E-state index contributed by atoms with van der Waals surface area (Å²) in [7, 11) is 0. The molecule has 1 heterocycles. The van der Waals surface area contributed by atoms with Crippen LogP contribution >= 0.6 is 0 Å². The first-order chi connectivity index (χ1) is 18.3. The topological polar surface area (TPSA) is 17.8 Å². The Labute approximate surface area is 214 Å². The number of nitrogens with zero attached hydrogens (tertiary/aromatic N) is 2. The van der Waals surface area contributed by atoms with Gasteiger partial charge in [-0.3, -0.25) is 4.57 Å². The number of imidazole rings is 1. The fourth-order valence-electron chi connectivity index (χ4n) is 6.35. The van der Waals surface area contributed by atoms with Crippen LogP contribution in [0.25, 0.3) is 70.6 Å². The van der Waals surface area contributed by atoms with E-state index in [0.29, 0.717) is 0 Å². The van der Waals surface area contributed by atoms with Crippen molar-refractivity contribution in [1.29, 1.82) is 0 Å². The summed E-state index contributed by atoms with van der Waals surface area (Å²) in [5.74, 6) is 1.08. The lowest BCUT2D eigenvalue weighted by molar-refractivity contribution is 0.913. The van der Waals surface area contributed by atoms with E-state index in [-0.39, 0.29) is 0 Å². The Hall–Kier alpha value is -4.69. The van der Waals surface area contributed by atoms with Gasteiger partial charge in [-0.25, -0.2) is 4.98 Å². The minimum absolute atomic E-state index is 0.865. The molecule has 7 aromatic carbocycles. The third kappa shape index (κ3) is 2.78. The average Bonchev–Trinajstić information content (AvgIpc) is 3.34. The molecule has 8 aromatic rings. The van der Waals surface area contributed by atoms with E-state index in [2.05, 4.69) is 127 Å². The van der Waals surface area contributed by atoms with Crippen LogP contribution in [-0.4, -0.2) is 9.55 Å². The van der Waals surface area contributed by atoms with E-state index in [1.165, 1.54) is 59.5 Å². The number of rotatable bonds is 2. The first-order valence-electron chi connectivity index (χ1n) is 13.0. The van der Waals surface area contributed by atoms with Gasteiger partial charge < -0.3 is 0 Å². The summed E-state index contributed by atoms with van der Waals surface area (Å²) in [5, 5.41) is 12.8. The molecule has 0 N–H and O–H groups in total. The molecule has 0 unspecified atom stereocenters. The van der Waals surface area contributed by atoms with E-state index in [9.17, 15) is 0 Å². The highest BCUT2D eigenvalue weighted by molar-refractivity contribution is 6.33. The van der Waals surface area contributed by atoms with E-state index < -0.39 is 0 Å². The quantitative estimate of drug-likeness (QED) is 0.229. The molecule has 0 fully saturated rings. The molecule has 0 atom stereocenters. The number of fused-ring (bicyclic) bond motifs is 6. The molecule has 0 saturated carbocycles. The van der Waals surface area contributed by atoms with Crippen LogP contribution in [-0.2, 0) is 6.42 Å². The van der Waals surface area contributed by atoms with Crippen LogP contribution in [0.3, 0.4) is 0 Å². The molecule has 0 saturated heterocycles. The number of hydrogen-bond acceptors (Lipinski definition) is 1. The summed E-state index contributed by atoms with van der Waals surface area (Å²) in [6, 6.07) is 42.1. The second kappa shape index (κ2) is 7.65. The molecule has 2 nitrogen and oxygen atoms in total. The fraction of sp³-hybridized carbons (Fsp3) is 0.0571. The van der Waals surface area contributed by atoms with Gasteiger partial charge in [0.15, 0.2) is 0 Å². The predicted octanol–water partition coefficient (Wildman–Crippen LogP) is 9.35. The van der Waals surface area contributed by atoms with Gasteiger partial charge in [0.05, 0.1) is 16.7 Å². The first-order valence-corrected chi connectivity index (χ1v) is 13.0. The molecular formula is C35H24N2. The lowest BCUT2D eigenvalue weighted by Gasteiger charge is -2.18. The Morgan fingerprint density at radius 1 is 0.541 bits per heavy atom. The summed E-state index contributed by atoms with van der Waals surface area (Å²) in [6.07, 6.45) is 0.865. The van der Waals surface area contributed by atoms with E-state index in [0.717, 1.165) is 23.3 Å². The molecule has 0 aliphatic carbocycles. The van der Waals surface area contributed by atoms with Crippen molar-refractivity contribution in [3.05, 3.63) is 121 Å². The Morgan fingerprint density at radius 3 is 1.78 bits per heavy atom. The van der Waals surface area contributed by atoms with Crippen LogP contribution in [0.2, 0.25) is 0 Å². The van der Waals surface area contributed by atoms with Gasteiger partial charge in [-0.2, -0.15) is 0 Å². The molecule has 0 aliphatic rings. The maximum Gasteiger partial charge on any atom is 0.114 e. The van der Waals surface area contributed by atoms with Gasteiger partial charge >= 0.3 is 0 Å².